The quantitative estimate of drug-likeness (QED) is 0.621. The molecule has 1 aliphatic heterocycles. The molecular weight excluding hydrogens is 418 g/mol. The summed E-state index contributed by atoms with van der Waals surface area (Å²) in [5.41, 5.74) is 0.484. The highest BCUT2D eigenvalue weighted by atomic mass is 32.2. The molecule has 1 heterocycles. The molecule has 0 aromatic heterocycles. The van der Waals surface area contributed by atoms with E-state index in [4.69, 9.17) is 4.74 Å². The lowest BCUT2D eigenvalue weighted by Gasteiger charge is -2.29. The highest BCUT2D eigenvalue weighted by Gasteiger charge is 2.42. The number of nitrogens with one attached hydrogen (secondary N) is 2. The number of carbonyl (C=O) groups is 2. The number of rotatable bonds is 7. The summed E-state index contributed by atoms with van der Waals surface area (Å²) in [6.45, 7) is 3.66. The molecule has 1 amide bonds. The van der Waals surface area contributed by atoms with E-state index in [2.05, 4.69) is 15.0 Å². The molecule has 2 aliphatic carbocycles. The van der Waals surface area contributed by atoms with E-state index in [9.17, 15) is 18.0 Å². The van der Waals surface area contributed by atoms with Crippen molar-refractivity contribution in [1.82, 2.24) is 10.0 Å². The molecule has 1 aromatic carbocycles. The summed E-state index contributed by atoms with van der Waals surface area (Å²) in [6.07, 6.45) is 4.09. The Morgan fingerprint density at radius 3 is 2.71 bits per heavy atom. The topological polar surface area (TPSA) is 114 Å². The van der Waals surface area contributed by atoms with Crippen molar-refractivity contribution in [2.24, 2.45) is 22.7 Å². The van der Waals surface area contributed by atoms with Crippen molar-refractivity contribution in [1.29, 1.82) is 0 Å². The second-order valence-corrected chi connectivity index (χ2v) is 10.5. The van der Waals surface area contributed by atoms with Crippen LogP contribution < -0.4 is 10.0 Å². The molecule has 2 bridgehead atoms. The van der Waals surface area contributed by atoms with Crippen LogP contribution in [0.15, 0.2) is 34.2 Å². The van der Waals surface area contributed by atoms with E-state index in [-0.39, 0.29) is 35.6 Å². The van der Waals surface area contributed by atoms with Gasteiger partial charge in [-0.3, -0.25) is 19.3 Å². The molecular formula is C22H29N3O5S. The van der Waals surface area contributed by atoms with Crippen molar-refractivity contribution in [2.75, 3.05) is 6.54 Å². The summed E-state index contributed by atoms with van der Waals surface area (Å²) in [5.74, 6) is 1.41. The van der Waals surface area contributed by atoms with Crippen LogP contribution in [0.25, 0.3) is 0 Å². The Labute approximate surface area is 182 Å². The van der Waals surface area contributed by atoms with Crippen LogP contribution in [-0.2, 0) is 24.3 Å². The minimum atomic E-state index is -3.61. The van der Waals surface area contributed by atoms with Crippen molar-refractivity contribution >= 4 is 27.7 Å². The average molecular weight is 448 g/mol. The third kappa shape index (κ3) is 4.61. The second-order valence-electron chi connectivity index (χ2n) is 8.85. The maximum atomic E-state index is 12.5. The van der Waals surface area contributed by atoms with Crippen LogP contribution in [0.3, 0.4) is 0 Å². The fraction of sp³-hybridized carbons (Fsp3) is 0.591. The summed E-state index contributed by atoms with van der Waals surface area (Å²) < 4.78 is 31.8. The van der Waals surface area contributed by atoms with Gasteiger partial charge in [-0.25, -0.2) is 8.42 Å². The normalized spacial score (nSPS) is 28.6. The first-order valence-electron chi connectivity index (χ1n) is 10.9. The first-order chi connectivity index (χ1) is 14.7. The number of nitrogens with zero attached hydrogens (tertiary/aromatic N) is 1. The molecule has 8 nitrogen and oxygen atoms in total. The van der Waals surface area contributed by atoms with Crippen molar-refractivity contribution in [3.8, 4) is 0 Å². The third-order valence-corrected chi connectivity index (χ3v) is 8.13. The third-order valence-electron chi connectivity index (χ3n) is 6.73. The molecule has 0 saturated heterocycles. The molecule has 0 radical (unpaired) electrons. The lowest BCUT2D eigenvalue weighted by atomic mass is 9.84. The van der Waals surface area contributed by atoms with E-state index in [1.165, 1.54) is 31.7 Å². The van der Waals surface area contributed by atoms with Crippen LogP contribution >= 0.6 is 0 Å². The van der Waals surface area contributed by atoms with Gasteiger partial charge in [-0.1, -0.05) is 18.6 Å². The lowest BCUT2D eigenvalue weighted by Crippen LogP contribution is -2.45. The zero-order valence-electron chi connectivity index (χ0n) is 17.8. The minimum absolute atomic E-state index is 0.0487. The van der Waals surface area contributed by atoms with Gasteiger partial charge in [0.05, 0.1) is 17.9 Å². The van der Waals surface area contributed by atoms with Gasteiger partial charge in [0.15, 0.2) is 6.10 Å². The number of fused-ring (bicyclic) bond motifs is 3. The van der Waals surface area contributed by atoms with E-state index in [1.54, 1.807) is 25.1 Å². The maximum Gasteiger partial charge on any atom is 0.308 e. The summed E-state index contributed by atoms with van der Waals surface area (Å²) in [4.78, 5) is 29.0. The number of amidine groups is 1. The van der Waals surface area contributed by atoms with Gasteiger partial charge in [-0.15, -0.1) is 0 Å². The highest BCUT2D eigenvalue weighted by molar-refractivity contribution is 7.90. The fourth-order valence-corrected chi connectivity index (χ4v) is 6.43. The van der Waals surface area contributed by atoms with E-state index in [0.717, 1.165) is 5.92 Å². The number of sulfonamides is 1. The van der Waals surface area contributed by atoms with Crippen LogP contribution in [-0.4, -0.2) is 44.8 Å². The molecule has 4 rings (SSSR count). The lowest BCUT2D eigenvalue weighted by molar-refractivity contribution is -0.155. The second kappa shape index (κ2) is 8.61. The smallest absolute Gasteiger partial charge is 0.308 e. The standard InChI is InChI=1S/C22H29N3O5S/c1-13(18-12-15-7-8-16(18)11-15)24-22(27)14(2)30-20(26)9-10-23-21-17-5-3-4-6-19(17)31(28,29)25-21/h3-6,13-16,18H,7-12H2,1-2H3,(H,23,25)(H,24,27)/t13-,14+,15+,16+,18+/m1/s1. The number of amides is 1. The van der Waals surface area contributed by atoms with Gasteiger partial charge in [0.2, 0.25) is 0 Å². The van der Waals surface area contributed by atoms with Crippen LogP contribution in [0.5, 0.6) is 0 Å². The first kappa shape index (κ1) is 21.8. The zero-order valence-corrected chi connectivity index (χ0v) is 18.7. The monoisotopic (exact) mass is 447 g/mol. The Hall–Kier alpha value is -2.42. The van der Waals surface area contributed by atoms with Crippen LogP contribution in [0, 0.1) is 17.8 Å². The number of hydrogen-bond acceptors (Lipinski definition) is 6. The largest absolute Gasteiger partial charge is 0.452 e. The average Bonchev–Trinajstić information content (AvgIpc) is 3.42. The number of carbonyl (C=O) groups excluding carboxylic acids is 2. The molecule has 1 aromatic rings. The SMILES string of the molecule is C[C@H](OC(=O)CCN=C1NS(=O)(=O)c2ccccc21)C(=O)N[C@H](C)[C@@H]1C[C@H]2CC[C@H]1C2. The zero-order chi connectivity index (χ0) is 22.2. The van der Waals surface area contributed by atoms with E-state index in [0.29, 0.717) is 17.4 Å². The summed E-state index contributed by atoms with van der Waals surface area (Å²) in [7, 11) is -3.61. The highest BCUT2D eigenvalue weighted by Crippen LogP contribution is 2.49. The van der Waals surface area contributed by atoms with Crippen molar-refractivity contribution in [2.45, 2.75) is 63.0 Å². The summed E-state index contributed by atoms with van der Waals surface area (Å²) >= 11 is 0. The van der Waals surface area contributed by atoms with Gasteiger partial charge in [0.1, 0.15) is 5.84 Å². The van der Waals surface area contributed by atoms with E-state index in [1.807, 2.05) is 6.92 Å². The Balaban J connectivity index is 1.24. The molecule has 3 aliphatic rings. The van der Waals surface area contributed by atoms with Gasteiger partial charge < -0.3 is 10.1 Å². The molecule has 31 heavy (non-hydrogen) atoms. The van der Waals surface area contributed by atoms with Crippen molar-refractivity contribution in [3.63, 3.8) is 0 Å². The Bertz CT molecular complexity index is 1010. The molecule has 2 saturated carbocycles. The van der Waals surface area contributed by atoms with Gasteiger partial charge in [-0.2, -0.15) is 0 Å². The number of esters is 1. The fourth-order valence-electron chi connectivity index (χ4n) is 5.17. The van der Waals surface area contributed by atoms with E-state index >= 15 is 0 Å². The molecule has 5 atom stereocenters. The Morgan fingerprint density at radius 2 is 2.00 bits per heavy atom. The van der Waals surface area contributed by atoms with Crippen LogP contribution in [0.1, 0.15) is 51.5 Å². The van der Waals surface area contributed by atoms with Crippen molar-refractivity contribution in [3.05, 3.63) is 29.8 Å². The van der Waals surface area contributed by atoms with Crippen molar-refractivity contribution < 1.29 is 22.7 Å². The molecule has 0 spiro atoms. The number of ether oxygens (including phenoxy) is 1. The van der Waals surface area contributed by atoms with E-state index < -0.39 is 22.1 Å². The van der Waals surface area contributed by atoms with Crippen LogP contribution in [0.2, 0.25) is 0 Å². The Kier molecular flexibility index (Phi) is 6.05. The number of aliphatic imine (C=N–C) groups is 1. The predicted molar refractivity (Wildman–Crippen MR) is 115 cm³/mol. The molecule has 9 heteroatoms. The molecule has 168 valence electrons. The molecule has 0 unspecified atom stereocenters. The minimum Gasteiger partial charge on any atom is -0.452 e. The number of benzene rings is 1. The van der Waals surface area contributed by atoms with Gasteiger partial charge in [0, 0.05) is 11.6 Å². The first-order valence-corrected chi connectivity index (χ1v) is 12.4. The predicted octanol–water partition coefficient (Wildman–Crippen LogP) is 1.99. The van der Waals surface area contributed by atoms with Gasteiger partial charge in [0.25, 0.3) is 15.9 Å². The maximum absolute atomic E-state index is 12.5. The van der Waals surface area contributed by atoms with Crippen LogP contribution in [0.4, 0.5) is 0 Å². The molecule has 2 N–H and O–H groups in total. The molecule has 2 fully saturated rings. The summed E-state index contributed by atoms with van der Waals surface area (Å²) in [5, 5.41) is 3.01. The Morgan fingerprint density at radius 1 is 1.23 bits per heavy atom. The van der Waals surface area contributed by atoms with Gasteiger partial charge >= 0.3 is 5.97 Å². The van der Waals surface area contributed by atoms with Gasteiger partial charge in [-0.05, 0) is 63.0 Å². The number of hydrogen-bond donors (Lipinski definition) is 2. The summed E-state index contributed by atoms with van der Waals surface area (Å²) in [6, 6.07) is 6.61.